The molecule has 0 atom stereocenters. The Labute approximate surface area is 373 Å². The Hall–Kier alpha value is -8.32. The van der Waals surface area contributed by atoms with Gasteiger partial charge < -0.3 is 4.42 Å². The molecule has 0 radical (unpaired) electrons. The molecule has 0 N–H and O–H groups in total. The number of benzene rings is 9. The molecular formula is C58H36N4OS. The van der Waals surface area contributed by atoms with E-state index in [4.69, 9.17) is 24.4 Å². The molecule has 0 saturated carbocycles. The predicted molar refractivity (Wildman–Crippen MR) is 264 cm³/mol. The summed E-state index contributed by atoms with van der Waals surface area (Å²) in [5.41, 5.74) is 14.1. The first-order chi connectivity index (χ1) is 31.7. The second kappa shape index (κ2) is 15.9. The van der Waals surface area contributed by atoms with Crippen molar-refractivity contribution in [2.24, 2.45) is 0 Å². The monoisotopic (exact) mass is 836 g/mol. The normalized spacial score (nSPS) is 11.4. The van der Waals surface area contributed by atoms with E-state index < -0.39 is 0 Å². The number of fused-ring (bicyclic) bond motifs is 4. The van der Waals surface area contributed by atoms with Gasteiger partial charge in [-0.3, -0.25) is 0 Å². The van der Waals surface area contributed by atoms with E-state index in [1.54, 1.807) is 11.3 Å². The molecule has 0 aliphatic carbocycles. The molecule has 5 nitrogen and oxygen atoms in total. The third kappa shape index (κ3) is 7.02. The van der Waals surface area contributed by atoms with Gasteiger partial charge >= 0.3 is 0 Å². The SMILES string of the molecule is c1ccc(-c2cccc(-c3nc(-c4cccc(-c5cccc(-c6ccc(-c7cccc8nc(-c9ccccc9)oc78)cc6)c5)c4)nc(-c4ccc5sc6ccccc6c5c4)n3)c2)cc1. The highest BCUT2D eigenvalue weighted by Crippen LogP contribution is 2.38. The lowest BCUT2D eigenvalue weighted by atomic mass is 9.96. The zero-order valence-electron chi connectivity index (χ0n) is 34.4. The Balaban J connectivity index is 0.901. The first kappa shape index (κ1) is 37.4. The van der Waals surface area contributed by atoms with Crippen LogP contribution in [-0.2, 0) is 0 Å². The van der Waals surface area contributed by atoms with E-state index in [1.165, 1.54) is 20.2 Å². The van der Waals surface area contributed by atoms with Crippen molar-refractivity contribution in [2.45, 2.75) is 0 Å². The van der Waals surface area contributed by atoms with E-state index in [0.717, 1.165) is 77.9 Å². The third-order valence-corrected chi connectivity index (χ3v) is 12.9. The van der Waals surface area contributed by atoms with Crippen LogP contribution in [0.5, 0.6) is 0 Å². The average molecular weight is 837 g/mol. The third-order valence-electron chi connectivity index (χ3n) is 11.8. The summed E-state index contributed by atoms with van der Waals surface area (Å²) < 4.78 is 8.85. The van der Waals surface area contributed by atoms with Crippen LogP contribution in [0.25, 0.3) is 121 Å². The van der Waals surface area contributed by atoms with Gasteiger partial charge in [0.1, 0.15) is 5.52 Å². The number of hydrogen-bond acceptors (Lipinski definition) is 6. The second-order valence-electron chi connectivity index (χ2n) is 15.8. The van der Waals surface area contributed by atoms with Crippen LogP contribution in [0, 0.1) is 0 Å². The Morgan fingerprint density at radius 3 is 1.41 bits per heavy atom. The summed E-state index contributed by atoms with van der Waals surface area (Å²) in [6.45, 7) is 0. The predicted octanol–water partition coefficient (Wildman–Crippen LogP) is 15.7. The van der Waals surface area contributed by atoms with Crippen LogP contribution in [0.15, 0.2) is 223 Å². The number of rotatable bonds is 8. The minimum atomic E-state index is 0.617. The van der Waals surface area contributed by atoms with Gasteiger partial charge in [0, 0.05) is 48.0 Å². The summed E-state index contributed by atoms with van der Waals surface area (Å²) in [6.07, 6.45) is 0. The van der Waals surface area contributed by atoms with Gasteiger partial charge in [0.25, 0.3) is 0 Å². The molecule has 0 spiro atoms. The lowest BCUT2D eigenvalue weighted by Gasteiger charge is -2.11. The van der Waals surface area contributed by atoms with Gasteiger partial charge in [-0.25, -0.2) is 19.9 Å². The lowest BCUT2D eigenvalue weighted by Crippen LogP contribution is -2.00. The van der Waals surface area contributed by atoms with Crippen LogP contribution >= 0.6 is 11.3 Å². The van der Waals surface area contributed by atoms with Crippen molar-refractivity contribution >= 4 is 42.6 Å². The topological polar surface area (TPSA) is 64.7 Å². The molecule has 0 aliphatic heterocycles. The van der Waals surface area contributed by atoms with E-state index in [-0.39, 0.29) is 0 Å². The van der Waals surface area contributed by atoms with Gasteiger partial charge in [-0.2, -0.15) is 0 Å². The van der Waals surface area contributed by atoms with E-state index in [2.05, 4.69) is 170 Å². The lowest BCUT2D eigenvalue weighted by molar-refractivity contribution is 0.621. The Morgan fingerprint density at radius 2 is 0.750 bits per heavy atom. The van der Waals surface area contributed by atoms with E-state index in [0.29, 0.717) is 23.4 Å². The molecule has 64 heavy (non-hydrogen) atoms. The molecule has 0 saturated heterocycles. The molecule has 12 rings (SSSR count). The largest absolute Gasteiger partial charge is 0.435 e. The number of thiophene rings is 1. The minimum absolute atomic E-state index is 0.617. The highest BCUT2D eigenvalue weighted by Gasteiger charge is 2.17. The van der Waals surface area contributed by atoms with E-state index in [1.807, 2.05) is 48.5 Å². The summed E-state index contributed by atoms with van der Waals surface area (Å²) in [6, 6.07) is 76.0. The highest BCUT2D eigenvalue weighted by molar-refractivity contribution is 7.25. The van der Waals surface area contributed by atoms with Gasteiger partial charge in [-0.1, -0.05) is 158 Å². The maximum atomic E-state index is 6.34. The first-order valence-electron chi connectivity index (χ1n) is 21.3. The Kier molecular flexibility index (Phi) is 9.28. The van der Waals surface area contributed by atoms with Crippen molar-refractivity contribution in [2.75, 3.05) is 0 Å². The number of para-hydroxylation sites is 1. The minimum Gasteiger partial charge on any atom is -0.435 e. The number of nitrogens with zero attached hydrogens (tertiary/aromatic N) is 4. The molecule has 0 aliphatic rings. The number of aromatic nitrogens is 4. The van der Waals surface area contributed by atoms with Crippen LogP contribution in [0.4, 0.5) is 0 Å². The molecular weight excluding hydrogens is 801 g/mol. The van der Waals surface area contributed by atoms with Crippen molar-refractivity contribution < 1.29 is 4.42 Å². The highest BCUT2D eigenvalue weighted by atomic mass is 32.1. The summed E-state index contributed by atoms with van der Waals surface area (Å²) >= 11 is 1.81. The summed E-state index contributed by atoms with van der Waals surface area (Å²) in [5, 5.41) is 2.44. The molecule has 6 heteroatoms. The molecule has 300 valence electrons. The molecule has 0 bridgehead atoms. The van der Waals surface area contributed by atoms with Crippen molar-refractivity contribution in [3.63, 3.8) is 0 Å². The fourth-order valence-electron chi connectivity index (χ4n) is 8.54. The molecule has 9 aromatic carbocycles. The van der Waals surface area contributed by atoms with Crippen LogP contribution in [0.2, 0.25) is 0 Å². The van der Waals surface area contributed by atoms with Gasteiger partial charge in [0.2, 0.25) is 5.89 Å². The molecule has 0 fully saturated rings. The van der Waals surface area contributed by atoms with Crippen LogP contribution in [0.3, 0.4) is 0 Å². The maximum Gasteiger partial charge on any atom is 0.227 e. The van der Waals surface area contributed by atoms with Crippen molar-refractivity contribution in [1.82, 2.24) is 19.9 Å². The number of oxazole rings is 1. The molecule has 3 heterocycles. The average Bonchev–Trinajstić information content (AvgIpc) is 3.99. The fourth-order valence-corrected chi connectivity index (χ4v) is 9.62. The zero-order valence-corrected chi connectivity index (χ0v) is 35.2. The van der Waals surface area contributed by atoms with Crippen LogP contribution in [0.1, 0.15) is 0 Å². The van der Waals surface area contributed by atoms with Gasteiger partial charge in [0.15, 0.2) is 23.1 Å². The summed E-state index contributed by atoms with van der Waals surface area (Å²) in [5.74, 6) is 2.50. The molecule has 0 amide bonds. The van der Waals surface area contributed by atoms with Gasteiger partial charge in [-0.05, 0) is 99.6 Å². The first-order valence-corrected chi connectivity index (χ1v) is 22.1. The smallest absolute Gasteiger partial charge is 0.227 e. The maximum absolute atomic E-state index is 6.34. The van der Waals surface area contributed by atoms with Crippen LogP contribution in [-0.4, -0.2) is 19.9 Å². The van der Waals surface area contributed by atoms with Gasteiger partial charge in [-0.15, -0.1) is 11.3 Å². The Bertz CT molecular complexity index is 3670. The van der Waals surface area contributed by atoms with Crippen molar-refractivity contribution in [3.05, 3.63) is 218 Å². The second-order valence-corrected chi connectivity index (χ2v) is 16.9. The fraction of sp³-hybridized carbons (Fsp3) is 0. The summed E-state index contributed by atoms with van der Waals surface area (Å²) in [7, 11) is 0. The molecule has 0 unspecified atom stereocenters. The zero-order chi connectivity index (χ0) is 42.4. The van der Waals surface area contributed by atoms with Gasteiger partial charge in [0.05, 0.1) is 0 Å². The molecule has 12 aromatic rings. The van der Waals surface area contributed by atoms with E-state index in [9.17, 15) is 0 Å². The van der Waals surface area contributed by atoms with E-state index >= 15 is 0 Å². The van der Waals surface area contributed by atoms with Crippen molar-refractivity contribution in [1.29, 1.82) is 0 Å². The Morgan fingerprint density at radius 1 is 0.297 bits per heavy atom. The standard InChI is InChI=1S/C58H36N4OS/c1-3-13-37(14-4-1)42-18-10-21-45(34-42)55-60-56(62-57(61-55)47-31-32-53-50(36-47)49-23-7-8-26-52(49)64-53)46-22-11-20-44(35-46)43-19-9-17-41(33-43)38-27-29-39(30-28-38)48-24-12-25-51-54(48)63-58(59-51)40-15-5-2-6-16-40/h1-36H. The number of hydrogen-bond donors (Lipinski definition) is 0. The van der Waals surface area contributed by atoms with Crippen LogP contribution < -0.4 is 0 Å². The molecule has 3 aromatic heterocycles. The summed E-state index contributed by atoms with van der Waals surface area (Å²) in [4.78, 5) is 20.3. The van der Waals surface area contributed by atoms with Crippen molar-refractivity contribution in [3.8, 4) is 90.1 Å². The quantitative estimate of drug-likeness (QED) is 0.153.